The normalized spacial score (nSPS) is 60.6. The Hall–Kier alpha value is 1.30. The zero-order chi connectivity index (χ0) is 21.8. The molecule has 6 aliphatic rings. The predicted octanol–water partition coefficient (Wildman–Crippen LogP) is 1.44. The van der Waals surface area contributed by atoms with Gasteiger partial charge < -0.3 is 45.3 Å². The monoisotopic (exact) mass is 562 g/mol. The average Bonchev–Trinajstić information content (AvgIpc) is 2.58. The van der Waals surface area contributed by atoms with Gasteiger partial charge in [0.2, 0.25) is 0 Å². The third-order valence-electron chi connectivity index (χ3n) is 5.96. The van der Waals surface area contributed by atoms with Crippen molar-refractivity contribution >= 4 is 69.7 Å². The summed E-state index contributed by atoms with van der Waals surface area (Å²) in [4.78, 5) is 0. The Bertz CT molecular complexity index is 771. The Morgan fingerprint density at radius 2 is 1.07 bits per heavy atom. The third-order valence-corrected chi connectivity index (χ3v) is 48.2. The molecule has 6 saturated heterocycles. The van der Waals surface area contributed by atoms with E-state index in [4.69, 9.17) is 45.3 Å². The lowest BCUT2D eigenvalue weighted by Gasteiger charge is -2.51. The standard InChI is InChI=1S/C11H30O11Si8/c1-9-11(2)10-30-14-23-12-24(3)15-26(5)17-25(4,13-23)18-29(8,22-30)28(7,19-26)20-27(6,16-24)21-30/h11,23H,9-10H2,1-8H3. The molecule has 8 bridgehead atoms. The van der Waals surface area contributed by atoms with Gasteiger partial charge in [-0.2, -0.15) is 0 Å². The van der Waals surface area contributed by atoms with E-state index in [9.17, 15) is 0 Å². The Morgan fingerprint density at radius 1 is 0.600 bits per heavy atom. The molecule has 0 amide bonds. The summed E-state index contributed by atoms with van der Waals surface area (Å²) in [6.07, 6.45) is 0.958. The Labute approximate surface area is 186 Å². The summed E-state index contributed by atoms with van der Waals surface area (Å²) in [5.41, 5.74) is 0. The van der Waals surface area contributed by atoms with Gasteiger partial charge in [0.1, 0.15) is 0 Å². The van der Waals surface area contributed by atoms with E-state index in [1.54, 1.807) is 6.55 Å². The molecule has 6 heterocycles. The van der Waals surface area contributed by atoms with E-state index < -0.39 is 69.7 Å². The van der Waals surface area contributed by atoms with Crippen molar-refractivity contribution in [2.75, 3.05) is 0 Å². The van der Waals surface area contributed by atoms with Crippen LogP contribution in [0, 0.1) is 5.92 Å². The molecular formula is C11H30O11Si8. The maximum absolute atomic E-state index is 6.92. The van der Waals surface area contributed by atoms with Gasteiger partial charge in [-0.15, -0.1) is 0 Å². The number of rotatable bonds is 3. The fraction of sp³-hybridized carbons (Fsp3) is 1.00. The first-order valence-corrected chi connectivity index (χ1v) is 28.2. The second-order valence-electron chi connectivity index (χ2n) is 9.20. The molecule has 0 aromatic carbocycles. The second kappa shape index (κ2) is 6.70. The molecule has 0 aromatic heterocycles. The highest BCUT2D eigenvalue weighted by Crippen LogP contribution is 2.50. The van der Waals surface area contributed by atoms with E-state index in [1.165, 1.54) is 0 Å². The van der Waals surface area contributed by atoms with Crippen LogP contribution < -0.4 is 0 Å². The molecule has 172 valence electrons. The SMILES string of the molecule is CCC(C)C[Si]12O[SiH]3O[Si]4(C)O[Si]5(C)O[Si](C)(O3)O[Si](C)(O1)[Si](C)(O5)O[Si](C)(O4)O2. The molecule has 9 unspecified atom stereocenters. The summed E-state index contributed by atoms with van der Waals surface area (Å²) in [6.45, 7) is 15.6. The van der Waals surface area contributed by atoms with E-state index in [2.05, 4.69) is 13.8 Å². The highest BCUT2D eigenvalue weighted by molar-refractivity contribution is 7.37. The zero-order valence-electron chi connectivity index (χ0n) is 18.6. The lowest BCUT2D eigenvalue weighted by molar-refractivity contribution is 0.0437. The molecule has 30 heavy (non-hydrogen) atoms. The molecule has 6 rings (SSSR count). The van der Waals surface area contributed by atoms with Crippen molar-refractivity contribution in [2.45, 2.75) is 65.6 Å². The number of hydrogen-bond acceptors (Lipinski definition) is 11. The van der Waals surface area contributed by atoms with Crippen LogP contribution in [0.2, 0.25) is 45.3 Å². The Morgan fingerprint density at radius 3 is 1.63 bits per heavy atom. The van der Waals surface area contributed by atoms with Crippen LogP contribution >= 0.6 is 0 Å². The van der Waals surface area contributed by atoms with E-state index >= 15 is 0 Å². The first kappa shape index (κ1) is 23.1. The van der Waals surface area contributed by atoms with Crippen LogP contribution in [0.25, 0.3) is 0 Å². The van der Waals surface area contributed by atoms with Crippen LogP contribution in [-0.4, -0.2) is 69.7 Å². The van der Waals surface area contributed by atoms with Gasteiger partial charge in [0.15, 0.2) is 0 Å². The highest BCUT2D eigenvalue weighted by Gasteiger charge is 2.81. The van der Waals surface area contributed by atoms with Crippen molar-refractivity contribution < 1.29 is 45.3 Å². The van der Waals surface area contributed by atoms with E-state index in [0.717, 1.165) is 6.42 Å². The van der Waals surface area contributed by atoms with Crippen molar-refractivity contribution in [3.05, 3.63) is 0 Å². The van der Waals surface area contributed by atoms with E-state index in [-0.39, 0.29) is 0 Å². The lowest BCUT2D eigenvalue weighted by atomic mass is 10.2. The molecule has 0 N–H and O–H groups in total. The maximum Gasteiger partial charge on any atom is 0.477 e. The summed E-state index contributed by atoms with van der Waals surface area (Å²) in [5.74, 6) is 0.309. The molecule has 9 atom stereocenters. The largest absolute Gasteiger partial charge is 0.477 e. The minimum absolute atomic E-state index is 0.309. The molecule has 0 saturated carbocycles. The molecule has 6 fully saturated rings. The molecule has 0 aromatic rings. The minimum Gasteiger partial charge on any atom is -0.394 e. The van der Waals surface area contributed by atoms with Crippen LogP contribution in [0.15, 0.2) is 0 Å². The van der Waals surface area contributed by atoms with E-state index in [0.29, 0.717) is 12.0 Å². The van der Waals surface area contributed by atoms with Gasteiger partial charge in [-0.3, -0.25) is 0 Å². The summed E-state index contributed by atoms with van der Waals surface area (Å²) in [7, 11) is -25.7. The number of hydrogen-bond donors (Lipinski definition) is 0. The van der Waals surface area contributed by atoms with Crippen LogP contribution in [0.5, 0.6) is 0 Å². The molecule has 0 spiro atoms. The third kappa shape index (κ3) is 3.64. The van der Waals surface area contributed by atoms with Gasteiger partial charge >= 0.3 is 69.7 Å². The lowest BCUT2D eigenvalue weighted by Crippen LogP contribution is -2.75. The highest BCUT2D eigenvalue weighted by atomic mass is 29.3. The summed E-state index contributed by atoms with van der Waals surface area (Å²) < 4.78 is 72.7. The van der Waals surface area contributed by atoms with Crippen LogP contribution in [0.1, 0.15) is 20.3 Å². The van der Waals surface area contributed by atoms with Gasteiger partial charge in [0, 0.05) is 32.2 Å². The smallest absolute Gasteiger partial charge is 0.394 e. The molecule has 11 nitrogen and oxygen atoms in total. The quantitative estimate of drug-likeness (QED) is 0.467. The van der Waals surface area contributed by atoms with Gasteiger partial charge in [0.05, 0.1) is 0 Å². The molecule has 6 aliphatic heterocycles. The zero-order valence-corrected chi connectivity index (χ0v) is 26.7. The maximum atomic E-state index is 6.92. The van der Waals surface area contributed by atoms with E-state index in [1.807, 2.05) is 32.7 Å². The first-order chi connectivity index (χ1) is 13.6. The fourth-order valence-electron chi connectivity index (χ4n) is 4.67. The molecule has 19 heteroatoms. The first-order valence-electron chi connectivity index (χ1n) is 10.3. The molecule has 0 radical (unpaired) electrons. The van der Waals surface area contributed by atoms with Gasteiger partial charge in [0.25, 0.3) is 0 Å². The predicted molar refractivity (Wildman–Crippen MR) is 119 cm³/mol. The van der Waals surface area contributed by atoms with Crippen molar-refractivity contribution in [2.24, 2.45) is 5.92 Å². The topological polar surface area (TPSA) is 102 Å². The summed E-state index contributed by atoms with van der Waals surface area (Å²) in [6, 6.07) is 0.610. The summed E-state index contributed by atoms with van der Waals surface area (Å²) in [5, 5.41) is 0. The van der Waals surface area contributed by atoms with Crippen molar-refractivity contribution in [3.8, 4) is 0 Å². The van der Waals surface area contributed by atoms with Crippen LogP contribution in [-0.2, 0) is 45.3 Å². The van der Waals surface area contributed by atoms with Crippen molar-refractivity contribution in [1.29, 1.82) is 0 Å². The summed E-state index contributed by atoms with van der Waals surface area (Å²) >= 11 is 0. The van der Waals surface area contributed by atoms with Crippen molar-refractivity contribution in [1.82, 2.24) is 0 Å². The molecule has 0 aliphatic carbocycles. The minimum atomic E-state index is -3.33. The Balaban J connectivity index is 1.76. The second-order valence-corrected chi connectivity index (χ2v) is 37.0. The van der Waals surface area contributed by atoms with Gasteiger partial charge in [-0.05, 0) is 19.0 Å². The Kier molecular flexibility index (Phi) is 5.15. The molecular weight excluding hydrogens is 533 g/mol. The van der Waals surface area contributed by atoms with Gasteiger partial charge in [-0.25, -0.2) is 0 Å². The van der Waals surface area contributed by atoms with Crippen LogP contribution in [0.3, 0.4) is 0 Å². The fourth-order valence-corrected chi connectivity index (χ4v) is 59.7. The average molecular weight is 563 g/mol. The van der Waals surface area contributed by atoms with Crippen molar-refractivity contribution in [3.63, 3.8) is 0 Å². The van der Waals surface area contributed by atoms with Crippen LogP contribution in [0.4, 0.5) is 0 Å². The van der Waals surface area contributed by atoms with Gasteiger partial charge in [-0.1, -0.05) is 20.3 Å².